The fraction of sp³-hybridized carbons (Fsp3) is 0.429. The van der Waals surface area contributed by atoms with Gasteiger partial charge < -0.3 is 4.74 Å². The van der Waals surface area contributed by atoms with Gasteiger partial charge in [-0.3, -0.25) is 4.90 Å². The number of fused-ring (bicyclic) bond motifs is 1. The molecule has 30 heavy (non-hydrogen) atoms. The van der Waals surface area contributed by atoms with Gasteiger partial charge in [0.25, 0.3) is 0 Å². The molecule has 0 N–H and O–H groups in total. The number of hydrogen-bond donors (Lipinski definition) is 0. The second-order valence-electron chi connectivity index (χ2n) is 8.95. The molecule has 1 aliphatic rings. The Bertz CT molecular complexity index is 912. The van der Waals surface area contributed by atoms with E-state index in [4.69, 9.17) is 4.74 Å². The zero-order valence-corrected chi connectivity index (χ0v) is 18.4. The molecule has 1 aliphatic heterocycles. The maximum atomic E-state index is 6.02. The van der Waals surface area contributed by atoms with Crippen LogP contribution in [0.4, 0.5) is 0 Å². The second kappa shape index (κ2) is 10.6. The van der Waals surface area contributed by atoms with Crippen molar-refractivity contribution in [3.8, 4) is 5.75 Å². The van der Waals surface area contributed by atoms with E-state index < -0.39 is 0 Å². The lowest BCUT2D eigenvalue weighted by molar-refractivity contribution is 0.185. The predicted octanol–water partition coefficient (Wildman–Crippen LogP) is 6.86. The SMILES string of the molecule is CC1CCN(Cc2ccc3cc(OCCCCCc4ccccc4)ccc3c2)CC1. The summed E-state index contributed by atoms with van der Waals surface area (Å²) >= 11 is 0. The fourth-order valence-electron chi connectivity index (χ4n) is 4.38. The summed E-state index contributed by atoms with van der Waals surface area (Å²) in [6.07, 6.45) is 7.37. The summed E-state index contributed by atoms with van der Waals surface area (Å²) < 4.78 is 6.02. The molecule has 3 aromatic carbocycles. The molecule has 0 amide bonds. The van der Waals surface area contributed by atoms with Gasteiger partial charge >= 0.3 is 0 Å². The van der Waals surface area contributed by atoms with Crippen LogP contribution in [-0.4, -0.2) is 24.6 Å². The van der Waals surface area contributed by atoms with Gasteiger partial charge in [0.15, 0.2) is 0 Å². The predicted molar refractivity (Wildman–Crippen MR) is 127 cm³/mol. The van der Waals surface area contributed by atoms with Gasteiger partial charge in [-0.25, -0.2) is 0 Å². The van der Waals surface area contributed by atoms with Crippen molar-refractivity contribution in [2.45, 2.75) is 52.0 Å². The van der Waals surface area contributed by atoms with Crippen molar-refractivity contribution in [3.05, 3.63) is 77.9 Å². The van der Waals surface area contributed by atoms with Crippen molar-refractivity contribution < 1.29 is 4.74 Å². The highest BCUT2D eigenvalue weighted by Crippen LogP contribution is 2.24. The molecular formula is C28H35NO. The lowest BCUT2D eigenvalue weighted by atomic mass is 9.98. The van der Waals surface area contributed by atoms with Crippen molar-refractivity contribution in [2.24, 2.45) is 5.92 Å². The van der Waals surface area contributed by atoms with Gasteiger partial charge in [-0.2, -0.15) is 0 Å². The van der Waals surface area contributed by atoms with Crippen LogP contribution in [0.1, 0.15) is 50.2 Å². The quantitative estimate of drug-likeness (QED) is 0.363. The third-order valence-corrected chi connectivity index (χ3v) is 6.38. The van der Waals surface area contributed by atoms with E-state index in [2.05, 4.69) is 78.6 Å². The summed E-state index contributed by atoms with van der Waals surface area (Å²) in [6.45, 7) is 6.71. The molecule has 0 unspecified atom stereocenters. The number of rotatable bonds is 9. The van der Waals surface area contributed by atoms with E-state index in [-0.39, 0.29) is 0 Å². The van der Waals surface area contributed by atoms with Gasteiger partial charge in [0.2, 0.25) is 0 Å². The summed E-state index contributed by atoms with van der Waals surface area (Å²) in [7, 11) is 0. The van der Waals surface area contributed by atoms with Crippen molar-refractivity contribution >= 4 is 10.8 Å². The number of likely N-dealkylation sites (tertiary alicyclic amines) is 1. The van der Waals surface area contributed by atoms with Crippen LogP contribution in [0, 0.1) is 5.92 Å². The Morgan fingerprint density at radius 2 is 1.57 bits per heavy atom. The third-order valence-electron chi connectivity index (χ3n) is 6.38. The summed E-state index contributed by atoms with van der Waals surface area (Å²) in [5, 5.41) is 2.58. The number of piperidine rings is 1. The zero-order chi connectivity index (χ0) is 20.6. The summed E-state index contributed by atoms with van der Waals surface area (Å²) in [5.41, 5.74) is 2.85. The van der Waals surface area contributed by atoms with Crippen LogP contribution in [-0.2, 0) is 13.0 Å². The van der Waals surface area contributed by atoms with Crippen LogP contribution >= 0.6 is 0 Å². The van der Waals surface area contributed by atoms with E-state index in [0.29, 0.717) is 0 Å². The standard InChI is InChI=1S/C28H35NO/c1-23-15-17-29(18-16-23)22-25-11-12-27-21-28(14-13-26(27)20-25)30-19-7-3-6-10-24-8-4-2-5-9-24/h2,4-5,8-9,11-14,20-21,23H,3,6-7,10,15-19,22H2,1H3. The first-order valence-electron chi connectivity index (χ1n) is 11.7. The van der Waals surface area contributed by atoms with E-state index in [1.165, 1.54) is 60.7 Å². The van der Waals surface area contributed by atoms with E-state index in [9.17, 15) is 0 Å². The van der Waals surface area contributed by atoms with Crippen molar-refractivity contribution in [1.29, 1.82) is 0 Å². The lowest BCUT2D eigenvalue weighted by Gasteiger charge is -2.30. The average molecular weight is 402 g/mol. The first-order chi connectivity index (χ1) is 14.8. The Morgan fingerprint density at radius 1 is 0.800 bits per heavy atom. The molecule has 158 valence electrons. The Morgan fingerprint density at radius 3 is 2.40 bits per heavy atom. The molecule has 0 aliphatic carbocycles. The summed E-state index contributed by atoms with van der Waals surface area (Å²) in [5.74, 6) is 1.88. The molecule has 0 saturated carbocycles. The van der Waals surface area contributed by atoms with E-state index >= 15 is 0 Å². The number of nitrogens with zero attached hydrogens (tertiary/aromatic N) is 1. The van der Waals surface area contributed by atoms with E-state index in [0.717, 1.165) is 37.7 Å². The zero-order valence-electron chi connectivity index (χ0n) is 18.4. The summed E-state index contributed by atoms with van der Waals surface area (Å²) in [6, 6.07) is 24.2. The van der Waals surface area contributed by atoms with Crippen LogP contribution in [0.5, 0.6) is 5.75 Å². The maximum absolute atomic E-state index is 6.02. The molecule has 0 aromatic heterocycles. The number of aryl methyl sites for hydroxylation is 1. The third kappa shape index (κ3) is 6.09. The maximum Gasteiger partial charge on any atom is 0.119 e. The minimum Gasteiger partial charge on any atom is -0.494 e. The average Bonchev–Trinajstić information content (AvgIpc) is 2.78. The molecule has 1 saturated heterocycles. The van der Waals surface area contributed by atoms with Crippen molar-refractivity contribution in [3.63, 3.8) is 0 Å². The highest BCUT2D eigenvalue weighted by atomic mass is 16.5. The van der Waals surface area contributed by atoms with E-state index in [1.54, 1.807) is 0 Å². The molecule has 4 rings (SSSR count). The number of benzene rings is 3. The van der Waals surface area contributed by atoms with Gasteiger partial charge in [0.1, 0.15) is 5.75 Å². The van der Waals surface area contributed by atoms with Crippen molar-refractivity contribution in [1.82, 2.24) is 4.90 Å². The van der Waals surface area contributed by atoms with Gasteiger partial charge in [-0.15, -0.1) is 0 Å². The minimum atomic E-state index is 0.797. The Labute approximate surface area is 181 Å². The summed E-state index contributed by atoms with van der Waals surface area (Å²) in [4.78, 5) is 2.59. The molecule has 1 fully saturated rings. The van der Waals surface area contributed by atoms with Crippen LogP contribution in [0.25, 0.3) is 10.8 Å². The molecular weight excluding hydrogens is 366 g/mol. The molecule has 0 atom stereocenters. The normalized spacial score (nSPS) is 15.5. The number of unbranched alkanes of at least 4 members (excludes halogenated alkanes) is 2. The monoisotopic (exact) mass is 401 g/mol. The molecule has 0 bridgehead atoms. The first-order valence-corrected chi connectivity index (χ1v) is 11.7. The van der Waals surface area contributed by atoms with Gasteiger partial charge in [0, 0.05) is 6.54 Å². The number of ether oxygens (including phenoxy) is 1. The van der Waals surface area contributed by atoms with Crippen LogP contribution in [0.15, 0.2) is 66.7 Å². The molecule has 2 nitrogen and oxygen atoms in total. The smallest absolute Gasteiger partial charge is 0.119 e. The Balaban J connectivity index is 1.22. The minimum absolute atomic E-state index is 0.797. The molecule has 1 heterocycles. The van der Waals surface area contributed by atoms with E-state index in [1.807, 2.05) is 0 Å². The largest absolute Gasteiger partial charge is 0.494 e. The Kier molecular flexibility index (Phi) is 7.42. The Hall–Kier alpha value is -2.32. The van der Waals surface area contributed by atoms with Gasteiger partial charge in [-0.05, 0) is 97.6 Å². The molecule has 0 radical (unpaired) electrons. The first kappa shape index (κ1) is 20.9. The highest BCUT2D eigenvalue weighted by Gasteiger charge is 2.15. The van der Waals surface area contributed by atoms with Crippen LogP contribution < -0.4 is 4.74 Å². The highest BCUT2D eigenvalue weighted by molar-refractivity contribution is 5.84. The number of hydrogen-bond acceptors (Lipinski definition) is 2. The van der Waals surface area contributed by atoms with Crippen LogP contribution in [0.2, 0.25) is 0 Å². The fourth-order valence-corrected chi connectivity index (χ4v) is 4.38. The second-order valence-corrected chi connectivity index (χ2v) is 8.95. The molecule has 3 aromatic rings. The topological polar surface area (TPSA) is 12.5 Å². The van der Waals surface area contributed by atoms with Gasteiger partial charge in [0.05, 0.1) is 6.61 Å². The van der Waals surface area contributed by atoms with Crippen LogP contribution in [0.3, 0.4) is 0 Å². The molecule has 0 spiro atoms. The van der Waals surface area contributed by atoms with Gasteiger partial charge in [-0.1, -0.05) is 55.5 Å². The lowest BCUT2D eigenvalue weighted by Crippen LogP contribution is -2.32. The van der Waals surface area contributed by atoms with Crippen molar-refractivity contribution in [2.75, 3.05) is 19.7 Å². The molecule has 2 heteroatoms.